The van der Waals surface area contributed by atoms with E-state index >= 15 is 0 Å². The van der Waals surface area contributed by atoms with Gasteiger partial charge >= 0.3 is 5.97 Å². The van der Waals surface area contributed by atoms with Gasteiger partial charge < -0.3 is 9.47 Å². The molecule has 0 heterocycles. The number of hydrogen-bond donors (Lipinski definition) is 0. The zero-order valence-electron chi connectivity index (χ0n) is 11.4. The van der Waals surface area contributed by atoms with Crippen molar-refractivity contribution in [1.82, 2.24) is 0 Å². The van der Waals surface area contributed by atoms with Gasteiger partial charge in [0.2, 0.25) is 0 Å². The van der Waals surface area contributed by atoms with E-state index in [-0.39, 0.29) is 0 Å². The number of halogens is 1. The molecule has 0 unspecified atom stereocenters. The first-order valence-electron chi connectivity index (χ1n) is 6.50. The summed E-state index contributed by atoms with van der Waals surface area (Å²) >= 11 is 5.77. The highest BCUT2D eigenvalue weighted by Gasteiger charge is 2.08. The monoisotopic (exact) mass is 302 g/mol. The summed E-state index contributed by atoms with van der Waals surface area (Å²) in [6.45, 7) is 4.19. The Morgan fingerprint density at radius 2 is 1.67 bits per heavy atom. The van der Waals surface area contributed by atoms with Crippen molar-refractivity contribution in [3.63, 3.8) is 0 Å². The molecule has 21 heavy (non-hydrogen) atoms. The van der Waals surface area contributed by atoms with Crippen molar-refractivity contribution in [3.05, 3.63) is 71.8 Å². The van der Waals surface area contributed by atoms with E-state index in [0.29, 0.717) is 28.7 Å². The number of benzene rings is 2. The minimum absolute atomic E-state index is 0.421. The van der Waals surface area contributed by atoms with E-state index in [2.05, 4.69) is 6.58 Å². The zero-order valence-corrected chi connectivity index (χ0v) is 12.2. The Bertz CT molecular complexity index is 603. The zero-order chi connectivity index (χ0) is 15.1. The Morgan fingerprint density at radius 1 is 1.05 bits per heavy atom. The van der Waals surface area contributed by atoms with E-state index in [4.69, 9.17) is 21.1 Å². The number of hydrogen-bond acceptors (Lipinski definition) is 3. The van der Waals surface area contributed by atoms with E-state index in [1.807, 2.05) is 0 Å². The molecule has 4 heteroatoms. The summed E-state index contributed by atoms with van der Waals surface area (Å²) in [5, 5.41) is 0.593. The summed E-state index contributed by atoms with van der Waals surface area (Å²) in [6, 6.07) is 13.4. The average Bonchev–Trinajstić information content (AvgIpc) is 2.50. The van der Waals surface area contributed by atoms with Crippen LogP contribution >= 0.6 is 11.6 Å². The molecule has 0 aliphatic carbocycles. The molecule has 0 spiro atoms. The molecule has 0 saturated carbocycles. The second-order valence-electron chi connectivity index (χ2n) is 4.29. The number of ether oxygens (including phenoxy) is 2. The number of carbonyl (C=O) groups is 1. The molecule has 0 aliphatic rings. The summed E-state index contributed by atoms with van der Waals surface area (Å²) in [6.07, 6.45) is 2.57. The van der Waals surface area contributed by atoms with Gasteiger partial charge in [-0.05, 0) is 55.0 Å². The van der Waals surface area contributed by atoms with Crippen LogP contribution in [0.25, 0.3) is 0 Å². The van der Waals surface area contributed by atoms with Crippen LogP contribution in [0.4, 0.5) is 0 Å². The third-order valence-corrected chi connectivity index (χ3v) is 2.96. The van der Waals surface area contributed by atoms with E-state index in [1.165, 1.54) is 0 Å². The van der Waals surface area contributed by atoms with Crippen LogP contribution in [-0.4, -0.2) is 12.6 Å². The van der Waals surface area contributed by atoms with Crippen molar-refractivity contribution >= 4 is 17.6 Å². The van der Waals surface area contributed by atoms with Crippen molar-refractivity contribution in [1.29, 1.82) is 0 Å². The van der Waals surface area contributed by atoms with Gasteiger partial charge in [0.05, 0.1) is 12.2 Å². The van der Waals surface area contributed by atoms with Gasteiger partial charge in [0.1, 0.15) is 11.5 Å². The van der Waals surface area contributed by atoms with Gasteiger partial charge in [-0.2, -0.15) is 0 Å². The van der Waals surface area contributed by atoms with Crippen molar-refractivity contribution in [2.24, 2.45) is 0 Å². The first-order chi connectivity index (χ1) is 10.2. The topological polar surface area (TPSA) is 35.5 Å². The van der Waals surface area contributed by atoms with Crippen LogP contribution < -0.4 is 9.47 Å². The molecule has 0 radical (unpaired) electrons. The lowest BCUT2D eigenvalue weighted by Crippen LogP contribution is -2.08. The average molecular weight is 303 g/mol. The van der Waals surface area contributed by atoms with Crippen LogP contribution in [0.1, 0.15) is 16.8 Å². The highest BCUT2D eigenvalue weighted by atomic mass is 35.5. The highest BCUT2D eigenvalue weighted by Crippen LogP contribution is 2.18. The van der Waals surface area contributed by atoms with Crippen LogP contribution in [-0.2, 0) is 0 Å². The molecule has 108 valence electrons. The van der Waals surface area contributed by atoms with Crippen molar-refractivity contribution in [2.75, 3.05) is 6.61 Å². The molecule has 0 atom stereocenters. The first kappa shape index (κ1) is 15.1. The van der Waals surface area contributed by atoms with Crippen LogP contribution in [0, 0.1) is 0 Å². The van der Waals surface area contributed by atoms with E-state index in [0.717, 1.165) is 6.42 Å². The second kappa shape index (κ2) is 7.50. The van der Waals surface area contributed by atoms with Crippen molar-refractivity contribution in [2.45, 2.75) is 6.42 Å². The third-order valence-electron chi connectivity index (χ3n) is 2.70. The molecule has 0 N–H and O–H groups in total. The molecule has 0 saturated heterocycles. The molecule has 0 amide bonds. The minimum atomic E-state index is -0.421. The fourth-order valence-corrected chi connectivity index (χ4v) is 1.74. The number of carbonyl (C=O) groups excluding carboxylic acids is 1. The maximum atomic E-state index is 12.0. The maximum absolute atomic E-state index is 12.0. The van der Waals surface area contributed by atoms with E-state index < -0.39 is 5.97 Å². The molecule has 0 bridgehead atoms. The van der Waals surface area contributed by atoms with Gasteiger partial charge in [0, 0.05) is 5.02 Å². The maximum Gasteiger partial charge on any atom is 0.343 e. The van der Waals surface area contributed by atoms with Crippen molar-refractivity contribution < 1.29 is 14.3 Å². The molecule has 0 aliphatic heterocycles. The lowest BCUT2D eigenvalue weighted by atomic mass is 10.2. The SMILES string of the molecule is C=CCCOc1ccc(C(=O)Oc2ccc(Cl)cc2)cc1. The molecule has 2 aromatic rings. The van der Waals surface area contributed by atoms with Crippen LogP contribution in [0.3, 0.4) is 0 Å². The molecule has 2 aromatic carbocycles. The lowest BCUT2D eigenvalue weighted by molar-refractivity contribution is 0.0734. The highest BCUT2D eigenvalue weighted by molar-refractivity contribution is 6.30. The fourth-order valence-electron chi connectivity index (χ4n) is 1.62. The molecule has 2 rings (SSSR count). The van der Waals surface area contributed by atoms with Crippen LogP contribution in [0.15, 0.2) is 61.2 Å². The quantitative estimate of drug-likeness (QED) is 0.341. The second-order valence-corrected chi connectivity index (χ2v) is 4.73. The first-order valence-corrected chi connectivity index (χ1v) is 6.88. The molecule has 0 fully saturated rings. The van der Waals surface area contributed by atoms with Gasteiger partial charge in [0.25, 0.3) is 0 Å². The normalized spacial score (nSPS) is 9.95. The number of rotatable bonds is 6. The van der Waals surface area contributed by atoms with E-state index in [1.54, 1.807) is 54.6 Å². The van der Waals surface area contributed by atoms with Gasteiger partial charge in [-0.1, -0.05) is 17.7 Å². The Hall–Kier alpha value is -2.26. The Kier molecular flexibility index (Phi) is 5.41. The number of esters is 1. The standard InChI is InChI=1S/C17H15ClO3/c1-2-3-12-20-15-8-4-13(5-9-15)17(19)21-16-10-6-14(18)7-11-16/h2,4-11H,1,3,12H2. The largest absolute Gasteiger partial charge is 0.493 e. The lowest BCUT2D eigenvalue weighted by Gasteiger charge is -2.06. The smallest absolute Gasteiger partial charge is 0.343 e. The Balaban J connectivity index is 1.96. The predicted molar refractivity (Wildman–Crippen MR) is 83.2 cm³/mol. The fraction of sp³-hybridized carbons (Fsp3) is 0.118. The summed E-state index contributed by atoms with van der Waals surface area (Å²) in [5.41, 5.74) is 0.459. The van der Waals surface area contributed by atoms with Gasteiger partial charge in [-0.3, -0.25) is 0 Å². The van der Waals surface area contributed by atoms with Crippen molar-refractivity contribution in [3.8, 4) is 11.5 Å². The van der Waals surface area contributed by atoms with Gasteiger partial charge in [-0.25, -0.2) is 4.79 Å². The molecule has 0 aromatic heterocycles. The Morgan fingerprint density at radius 3 is 2.29 bits per heavy atom. The van der Waals surface area contributed by atoms with Gasteiger partial charge in [-0.15, -0.1) is 6.58 Å². The van der Waals surface area contributed by atoms with Crippen LogP contribution in [0.5, 0.6) is 11.5 Å². The van der Waals surface area contributed by atoms with Gasteiger partial charge in [0.15, 0.2) is 0 Å². The Labute approximate surface area is 128 Å². The summed E-state index contributed by atoms with van der Waals surface area (Å²) in [4.78, 5) is 12.0. The van der Waals surface area contributed by atoms with E-state index in [9.17, 15) is 4.79 Å². The summed E-state index contributed by atoms with van der Waals surface area (Å²) in [7, 11) is 0. The molecule has 3 nitrogen and oxygen atoms in total. The minimum Gasteiger partial charge on any atom is -0.493 e. The predicted octanol–water partition coefficient (Wildman–Crippen LogP) is 4.51. The summed E-state index contributed by atoms with van der Waals surface area (Å²) < 4.78 is 10.7. The molecular weight excluding hydrogens is 288 g/mol. The third kappa shape index (κ3) is 4.65. The summed E-state index contributed by atoms with van der Waals surface area (Å²) in [5.74, 6) is 0.741. The molecular formula is C17H15ClO3. The van der Waals surface area contributed by atoms with Crippen LogP contribution in [0.2, 0.25) is 5.02 Å².